The van der Waals surface area contributed by atoms with Crippen LogP contribution in [-0.4, -0.2) is 35.6 Å². The molecule has 1 saturated heterocycles. The molecule has 1 fully saturated rings. The van der Waals surface area contributed by atoms with Crippen LogP contribution in [0, 0.1) is 5.92 Å². The highest BCUT2D eigenvalue weighted by Crippen LogP contribution is 2.22. The Labute approximate surface area is 103 Å². The van der Waals surface area contributed by atoms with Gasteiger partial charge in [-0.3, -0.25) is 0 Å². The lowest BCUT2D eigenvalue weighted by atomic mass is 9.92. The number of hydrogen-bond donors (Lipinski definition) is 1. The van der Waals surface area contributed by atoms with Crippen LogP contribution in [0.15, 0.2) is 18.5 Å². The molecule has 17 heavy (non-hydrogen) atoms. The van der Waals surface area contributed by atoms with E-state index in [0.717, 1.165) is 25.6 Å². The number of anilines is 1. The van der Waals surface area contributed by atoms with Crippen LogP contribution in [0.4, 0.5) is 5.95 Å². The van der Waals surface area contributed by atoms with E-state index in [1.54, 1.807) is 0 Å². The third-order valence-corrected chi connectivity index (χ3v) is 3.53. The molecule has 94 valence electrons. The van der Waals surface area contributed by atoms with Crippen molar-refractivity contribution in [3.63, 3.8) is 0 Å². The van der Waals surface area contributed by atoms with E-state index < -0.39 is 0 Å². The van der Waals surface area contributed by atoms with Gasteiger partial charge in [0, 0.05) is 31.5 Å². The normalized spacial score (nSPS) is 22.5. The maximum Gasteiger partial charge on any atom is 0.225 e. The van der Waals surface area contributed by atoms with Gasteiger partial charge in [-0.25, -0.2) is 9.97 Å². The van der Waals surface area contributed by atoms with Crippen molar-refractivity contribution in [1.29, 1.82) is 0 Å². The van der Waals surface area contributed by atoms with Crippen LogP contribution in [0.1, 0.15) is 26.7 Å². The highest BCUT2D eigenvalue weighted by Gasteiger charge is 2.25. The number of nitrogens with zero attached hydrogens (tertiary/aromatic N) is 3. The van der Waals surface area contributed by atoms with Crippen molar-refractivity contribution in [3.05, 3.63) is 18.5 Å². The van der Waals surface area contributed by atoms with Gasteiger partial charge in [0.15, 0.2) is 0 Å². The van der Waals surface area contributed by atoms with Gasteiger partial charge in [-0.2, -0.15) is 0 Å². The largest absolute Gasteiger partial charge is 0.340 e. The van der Waals surface area contributed by atoms with E-state index in [4.69, 9.17) is 0 Å². The summed E-state index contributed by atoms with van der Waals surface area (Å²) in [4.78, 5) is 11.0. The maximum atomic E-state index is 4.34. The molecule has 2 unspecified atom stereocenters. The molecule has 2 rings (SSSR count). The molecule has 0 bridgehead atoms. The highest BCUT2D eigenvalue weighted by atomic mass is 15.3. The molecule has 1 aromatic rings. The number of nitrogens with one attached hydrogen (secondary N) is 1. The van der Waals surface area contributed by atoms with Gasteiger partial charge in [-0.05, 0) is 38.3 Å². The van der Waals surface area contributed by atoms with Crippen LogP contribution in [0.25, 0.3) is 0 Å². The molecule has 2 heterocycles. The van der Waals surface area contributed by atoms with Crippen molar-refractivity contribution in [2.45, 2.75) is 32.7 Å². The van der Waals surface area contributed by atoms with E-state index in [1.165, 1.54) is 12.8 Å². The van der Waals surface area contributed by atoms with E-state index in [9.17, 15) is 0 Å². The summed E-state index contributed by atoms with van der Waals surface area (Å²) in [5, 5.41) is 3.52. The predicted molar refractivity (Wildman–Crippen MR) is 70.1 cm³/mol. The van der Waals surface area contributed by atoms with Gasteiger partial charge in [0.1, 0.15) is 0 Å². The highest BCUT2D eigenvalue weighted by molar-refractivity contribution is 5.29. The number of rotatable bonds is 4. The molecule has 0 aliphatic carbocycles. The smallest absolute Gasteiger partial charge is 0.225 e. The van der Waals surface area contributed by atoms with Crippen LogP contribution in [-0.2, 0) is 0 Å². The van der Waals surface area contributed by atoms with Crippen molar-refractivity contribution in [1.82, 2.24) is 15.3 Å². The van der Waals surface area contributed by atoms with Gasteiger partial charge in [-0.15, -0.1) is 0 Å². The fraction of sp³-hybridized carbons (Fsp3) is 0.692. The molecule has 2 atom stereocenters. The fourth-order valence-electron chi connectivity index (χ4n) is 2.54. The molecule has 0 amide bonds. The molecule has 4 nitrogen and oxygen atoms in total. The molecular formula is C13H22N4. The summed E-state index contributed by atoms with van der Waals surface area (Å²) in [6, 6.07) is 2.44. The summed E-state index contributed by atoms with van der Waals surface area (Å²) in [5.74, 6) is 1.58. The lowest BCUT2D eigenvalue weighted by Crippen LogP contribution is -2.45. The minimum Gasteiger partial charge on any atom is -0.340 e. The second kappa shape index (κ2) is 5.96. The Bertz CT molecular complexity index is 327. The first-order chi connectivity index (χ1) is 8.31. The van der Waals surface area contributed by atoms with Gasteiger partial charge in [0.25, 0.3) is 0 Å². The molecule has 0 radical (unpaired) electrons. The molecule has 0 saturated carbocycles. The molecule has 1 aromatic heterocycles. The summed E-state index contributed by atoms with van der Waals surface area (Å²) in [6.45, 7) is 7.64. The SMILES string of the molecule is CCNC(C)C1CCCN(c2ncccn2)C1. The fourth-order valence-corrected chi connectivity index (χ4v) is 2.54. The van der Waals surface area contributed by atoms with Crippen molar-refractivity contribution < 1.29 is 0 Å². The molecule has 0 aromatic carbocycles. The second-order valence-corrected chi connectivity index (χ2v) is 4.74. The minimum absolute atomic E-state index is 0.575. The van der Waals surface area contributed by atoms with E-state index in [1.807, 2.05) is 18.5 Å². The van der Waals surface area contributed by atoms with Crippen LogP contribution in [0.5, 0.6) is 0 Å². The average molecular weight is 234 g/mol. The van der Waals surface area contributed by atoms with Gasteiger partial charge in [0.2, 0.25) is 5.95 Å². The number of piperidine rings is 1. The van der Waals surface area contributed by atoms with Crippen molar-refractivity contribution >= 4 is 5.95 Å². The van der Waals surface area contributed by atoms with E-state index in [-0.39, 0.29) is 0 Å². The molecule has 0 spiro atoms. The Hall–Kier alpha value is -1.16. The van der Waals surface area contributed by atoms with Crippen molar-refractivity contribution in [2.75, 3.05) is 24.5 Å². The van der Waals surface area contributed by atoms with E-state index in [2.05, 4.69) is 34.0 Å². The summed E-state index contributed by atoms with van der Waals surface area (Å²) in [7, 11) is 0. The third kappa shape index (κ3) is 3.16. The molecular weight excluding hydrogens is 212 g/mol. The van der Waals surface area contributed by atoms with E-state index >= 15 is 0 Å². The van der Waals surface area contributed by atoms with E-state index in [0.29, 0.717) is 12.0 Å². The first kappa shape index (κ1) is 12.3. The summed E-state index contributed by atoms with van der Waals surface area (Å²) >= 11 is 0. The second-order valence-electron chi connectivity index (χ2n) is 4.74. The summed E-state index contributed by atoms with van der Waals surface area (Å²) < 4.78 is 0. The zero-order valence-electron chi connectivity index (χ0n) is 10.8. The Kier molecular flexibility index (Phi) is 4.31. The molecule has 4 heteroatoms. The van der Waals surface area contributed by atoms with Gasteiger partial charge >= 0.3 is 0 Å². The average Bonchev–Trinajstić information content (AvgIpc) is 2.40. The van der Waals surface area contributed by atoms with Crippen LogP contribution >= 0.6 is 0 Å². The zero-order valence-corrected chi connectivity index (χ0v) is 10.8. The summed E-state index contributed by atoms with van der Waals surface area (Å²) in [6.07, 6.45) is 6.18. The maximum absolute atomic E-state index is 4.34. The van der Waals surface area contributed by atoms with Gasteiger partial charge in [-0.1, -0.05) is 6.92 Å². The van der Waals surface area contributed by atoms with Gasteiger partial charge < -0.3 is 10.2 Å². The first-order valence-corrected chi connectivity index (χ1v) is 6.56. The third-order valence-electron chi connectivity index (χ3n) is 3.53. The zero-order chi connectivity index (χ0) is 12.1. The number of hydrogen-bond acceptors (Lipinski definition) is 4. The monoisotopic (exact) mass is 234 g/mol. The lowest BCUT2D eigenvalue weighted by Gasteiger charge is -2.36. The first-order valence-electron chi connectivity index (χ1n) is 6.56. The van der Waals surface area contributed by atoms with Gasteiger partial charge in [0.05, 0.1) is 0 Å². The van der Waals surface area contributed by atoms with Crippen molar-refractivity contribution in [3.8, 4) is 0 Å². The lowest BCUT2D eigenvalue weighted by molar-refractivity contribution is 0.322. The Morgan fingerprint density at radius 2 is 2.24 bits per heavy atom. The number of aromatic nitrogens is 2. The topological polar surface area (TPSA) is 41.0 Å². The standard InChI is InChI=1S/C13H22N4/c1-3-14-11(2)12-6-4-9-17(10-12)13-15-7-5-8-16-13/h5,7-8,11-12,14H,3-4,6,9-10H2,1-2H3. The van der Waals surface area contributed by atoms with Crippen LogP contribution in [0.3, 0.4) is 0 Å². The molecule has 1 N–H and O–H groups in total. The Morgan fingerprint density at radius 1 is 1.47 bits per heavy atom. The predicted octanol–water partition coefficient (Wildman–Crippen LogP) is 1.69. The van der Waals surface area contributed by atoms with Crippen LogP contribution in [0.2, 0.25) is 0 Å². The molecule has 1 aliphatic rings. The Balaban J connectivity index is 1.97. The quantitative estimate of drug-likeness (QED) is 0.861. The summed E-state index contributed by atoms with van der Waals surface area (Å²) in [5.41, 5.74) is 0. The van der Waals surface area contributed by atoms with Crippen LogP contribution < -0.4 is 10.2 Å². The minimum atomic E-state index is 0.575. The van der Waals surface area contributed by atoms with Crippen molar-refractivity contribution in [2.24, 2.45) is 5.92 Å². The Morgan fingerprint density at radius 3 is 2.94 bits per heavy atom. The molecule has 1 aliphatic heterocycles.